The first-order chi connectivity index (χ1) is 13.8. The number of methoxy groups -OCH3 is 1. The topological polar surface area (TPSA) is 52.6 Å². The van der Waals surface area contributed by atoms with E-state index in [1.807, 2.05) is 0 Å². The van der Waals surface area contributed by atoms with Crippen LogP contribution in [0.15, 0.2) is 11.6 Å². The van der Waals surface area contributed by atoms with Crippen LogP contribution in [0.1, 0.15) is 86.0 Å². The van der Waals surface area contributed by atoms with Crippen molar-refractivity contribution in [3.05, 3.63) is 11.6 Å². The van der Waals surface area contributed by atoms with Crippen molar-refractivity contribution in [1.82, 2.24) is 0 Å². The number of unbranched alkanes of at least 4 members (excludes halogenated alkanes) is 3. The second-order valence-corrected chi connectivity index (χ2v) is 13.6. The van der Waals surface area contributed by atoms with Crippen molar-refractivity contribution in [2.24, 2.45) is 11.8 Å². The van der Waals surface area contributed by atoms with Gasteiger partial charge in [-0.2, -0.15) is 0 Å². The highest BCUT2D eigenvalue weighted by molar-refractivity contribution is 6.73. The van der Waals surface area contributed by atoms with Crippen LogP contribution in [0.5, 0.6) is 0 Å². The van der Waals surface area contributed by atoms with Crippen LogP contribution >= 0.6 is 0 Å². The number of carbonyl (C=O) groups excluding carboxylic acids is 2. The first-order valence-electron chi connectivity index (χ1n) is 11.7. The largest absolute Gasteiger partial charge is 0.469 e. The fraction of sp³-hybridized carbons (Fsp3) is 0.833. The van der Waals surface area contributed by atoms with Crippen molar-refractivity contribution < 1.29 is 18.8 Å². The molecule has 3 atom stereocenters. The molecule has 0 spiro atoms. The third kappa shape index (κ3) is 8.37. The van der Waals surface area contributed by atoms with Crippen LogP contribution < -0.4 is 0 Å². The molecule has 0 radical (unpaired) electrons. The number of ketones is 1. The summed E-state index contributed by atoms with van der Waals surface area (Å²) in [7, 11) is -0.283. The first-order valence-corrected chi connectivity index (χ1v) is 14.3. The summed E-state index contributed by atoms with van der Waals surface area (Å²) in [6.07, 6.45) is 9.41. The number of hydrogen-bond donors (Lipinski definition) is 0. The maximum absolute atomic E-state index is 12.9. The van der Waals surface area contributed by atoms with Crippen LogP contribution in [0.25, 0.3) is 0 Å². The summed E-state index contributed by atoms with van der Waals surface area (Å²) < 4.78 is 11.5. The van der Waals surface area contributed by atoms with Crippen molar-refractivity contribution in [3.63, 3.8) is 0 Å². The molecule has 29 heavy (non-hydrogen) atoms. The molecule has 0 heterocycles. The SMILES string of the molecule is CC[Si](CC)(CC)O[C@H]1CC(=O)C(CCCCCCC(=O)OC)[C@@H]1CC=C(C)C. The number of Topliss-reactive ketones (excluding diaryl/α,β-unsaturated/α-hetero) is 1. The molecule has 5 heteroatoms. The molecule has 0 aromatic heterocycles. The third-order valence-electron chi connectivity index (χ3n) is 6.82. The van der Waals surface area contributed by atoms with Crippen molar-refractivity contribution in [1.29, 1.82) is 0 Å². The highest BCUT2D eigenvalue weighted by Crippen LogP contribution is 2.40. The van der Waals surface area contributed by atoms with Gasteiger partial charge in [0.1, 0.15) is 5.78 Å². The quantitative estimate of drug-likeness (QED) is 0.139. The van der Waals surface area contributed by atoms with Gasteiger partial charge in [0.05, 0.1) is 13.2 Å². The Morgan fingerprint density at radius 1 is 1.07 bits per heavy atom. The summed E-state index contributed by atoms with van der Waals surface area (Å²) >= 11 is 0. The van der Waals surface area contributed by atoms with E-state index >= 15 is 0 Å². The Labute approximate surface area is 179 Å². The van der Waals surface area contributed by atoms with Gasteiger partial charge in [-0.1, -0.05) is 51.7 Å². The lowest BCUT2D eigenvalue weighted by Crippen LogP contribution is -2.41. The lowest BCUT2D eigenvalue weighted by molar-refractivity contribution is -0.140. The van der Waals surface area contributed by atoms with E-state index < -0.39 is 8.32 Å². The van der Waals surface area contributed by atoms with E-state index in [4.69, 9.17) is 9.16 Å². The monoisotopic (exact) mass is 424 g/mol. The Morgan fingerprint density at radius 2 is 1.69 bits per heavy atom. The van der Waals surface area contributed by atoms with Gasteiger partial charge >= 0.3 is 5.97 Å². The Bertz CT molecular complexity index is 527. The summed E-state index contributed by atoms with van der Waals surface area (Å²) in [5.74, 6) is 0.730. The minimum atomic E-state index is -1.72. The van der Waals surface area contributed by atoms with Gasteiger partial charge in [0.25, 0.3) is 0 Å². The molecule has 0 aromatic carbocycles. The van der Waals surface area contributed by atoms with E-state index in [9.17, 15) is 9.59 Å². The zero-order chi connectivity index (χ0) is 21.9. The maximum Gasteiger partial charge on any atom is 0.305 e. The van der Waals surface area contributed by atoms with E-state index in [2.05, 4.69) is 40.7 Å². The molecule has 1 fully saturated rings. The van der Waals surface area contributed by atoms with Crippen LogP contribution in [0.3, 0.4) is 0 Å². The van der Waals surface area contributed by atoms with Gasteiger partial charge in [-0.05, 0) is 57.2 Å². The number of rotatable bonds is 14. The van der Waals surface area contributed by atoms with Crippen LogP contribution in [0.2, 0.25) is 18.1 Å². The molecule has 0 aliphatic heterocycles. The van der Waals surface area contributed by atoms with E-state index in [0.717, 1.165) is 56.7 Å². The van der Waals surface area contributed by atoms with E-state index in [1.165, 1.54) is 12.7 Å². The average molecular weight is 425 g/mol. The summed E-state index contributed by atoms with van der Waals surface area (Å²) in [6, 6.07) is 3.39. The Hall–Kier alpha value is -0.943. The van der Waals surface area contributed by atoms with E-state index in [1.54, 1.807) is 0 Å². The highest BCUT2D eigenvalue weighted by Gasteiger charge is 2.45. The van der Waals surface area contributed by atoms with Crippen LogP contribution in [0.4, 0.5) is 0 Å². The minimum absolute atomic E-state index is 0.106. The van der Waals surface area contributed by atoms with Crippen molar-refractivity contribution in [3.8, 4) is 0 Å². The highest BCUT2D eigenvalue weighted by atomic mass is 28.4. The fourth-order valence-corrected chi connectivity index (χ4v) is 7.50. The molecule has 168 valence electrons. The lowest BCUT2D eigenvalue weighted by atomic mass is 9.86. The molecule has 0 N–H and O–H groups in total. The molecule has 1 unspecified atom stereocenters. The summed E-state index contributed by atoms with van der Waals surface area (Å²) in [5, 5.41) is 0. The first kappa shape index (κ1) is 26.1. The van der Waals surface area contributed by atoms with Crippen molar-refractivity contribution in [2.75, 3.05) is 7.11 Å². The standard InChI is InChI=1S/C24H44O4Si/c1-7-29(8-2,9-3)28-23-18-22(25)20(21(23)17-16-19(4)5)14-12-10-11-13-15-24(26)27-6/h16,20-21,23H,7-15,17-18H2,1-6H3/t20?,21-,23-/m0/s1. The lowest BCUT2D eigenvalue weighted by Gasteiger charge is -2.34. The molecule has 4 nitrogen and oxygen atoms in total. The number of allylic oxidation sites excluding steroid dienone is 2. The molecule has 1 saturated carbocycles. The van der Waals surface area contributed by atoms with Crippen LogP contribution in [-0.2, 0) is 18.8 Å². The number of esters is 1. The molecule has 0 aromatic rings. The number of carbonyl (C=O) groups is 2. The molecular formula is C24H44O4Si. The molecule has 0 bridgehead atoms. The summed E-state index contributed by atoms with van der Waals surface area (Å²) in [6.45, 7) is 11.0. The molecular weight excluding hydrogens is 380 g/mol. The molecule has 1 aliphatic carbocycles. The fourth-order valence-electron chi connectivity index (χ4n) is 4.60. The summed E-state index contributed by atoms with van der Waals surface area (Å²) in [5.41, 5.74) is 1.31. The zero-order valence-corrected chi connectivity index (χ0v) is 20.7. The van der Waals surface area contributed by atoms with Gasteiger partial charge in [-0.25, -0.2) is 0 Å². The van der Waals surface area contributed by atoms with Crippen molar-refractivity contribution in [2.45, 2.75) is 110 Å². The Kier molecular flexibility index (Phi) is 12.0. The van der Waals surface area contributed by atoms with Gasteiger partial charge in [0.15, 0.2) is 8.32 Å². The predicted molar refractivity (Wildman–Crippen MR) is 122 cm³/mol. The number of hydrogen-bond acceptors (Lipinski definition) is 4. The Morgan fingerprint density at radius 3 is 2.24 bits per heavy atom. The second-order valence-electron chi connectivity index (χ2n) is 8.89. The van der Waals surface area contributed by atoms with E-state index in [0.29, 0.717) is 24.5 Å². The Balaban J connectivity index is 2.70. The average Bonchev–Trinajstić information content (AvgIpc) is 3.00. The maximum atomic E-state index is 12.9. The van der Waals surface area contributed by atoms with Gasteiger partial charge < -0.3 is 9.16 Å². The van der Waals surface area contributed by atoms with Gasteiger partial charge in [-0.15, -0.1) is 0 Å². The molecule has 0 amide bonds. The van der Waals surface area contributed by atoms with Crippen LogP contribution in [-0.4, -0.2) is 33.3 Å². The minimum Gasteiger partial charge on any atom is -0.469 e. The zero-order valence-electron chi connectivity index (χ0n) is 19.7. The second kappa shape index (κ2) is 13.4. The van der Waals surface area contributed by atoms with Gasteiger partial charge in [0, 0.05) is 18.8 Å². The smallest absolute Gasteiger partial charge is 0.305 e. The van der Waals surface area contributed by atoms with Gasteiger partial charge in [-0.3, -0.25) is 9.59 Å². The van der Waals surface area contributed by atoms with E-state index in [-0.39, 0.29) is 18.0 Å². The third-order valence-corrected chi connectivity index (χ3v) is 11.5. The molecule has 1 aliphatic rings. The molecule has 1 rings (SSSR count). The number of ether oxygens (including phenoxy) is 1. The molecule has 0 saturated heterocycles. The van der Waals surface area contributed by atoms with Gasteiger partial charge in [0.2, 0.25) is 0 Å². The predicted octanol–water partition coefficient (Wildman–Crippen LogP) is 6.45. The van der Waals surface area contributed by atoms with Crippen LogP contribution in [0, 0.1) is 11.8 Å². The normalized spacial score (nSPS) is 22.0. The summed E-state index contributed by atoms with van der Waals surface area (Å²) in [4.78, 5) is 24.1. The van der Waals surface area contributed by atoms with Crippen molar-refractivity contribution >= 4 is 20.1 Å².